The first-order valence-electron chi connectivity index (χ1n) is 7.01. The number of ether oxygens (including phenoxy) is 1. The lowest BCUT2D eigenvalue weighted by atomic mass is 10.1. The van der Waals surface area contributed by atoms with Gasteiger partial charge in [-0.15, -0.1) is 0 Å². The molecule has 0 heterocycles. The molecule has 0 saturated heterocycles. The van der Waals surface area contributed by atoms with Crippen molar-refractivity contribution in [2.75, 3.05) is 12.4 Å². The zero-order valence-electron chi connectivity index (χ0n) is 13.1. The number of nitriles is 1. The molecule has 0 saturated carbocycles. The van der Waals surface area contributed by atoms with Gasteiger partial charge in [-0.2, -0.15) is 5.26 Å². The minimum absolute atomic E-state index is 0.0523. The van der Waals surface area contributed by atoms with E-state index in [9.17, 15) is 15.2 Å². The van der Waals surface area contributed by atoms with E-state index in [0.29, 0.717) is 22.0 Å². The Hall–Kier alpha value is -2.97. The normalized spacial score (nSPS) is 10.8. The van der Waals surface area contributed by atoms with Crippen LogP contribution < -0.4 is 10.1 Å². The van der Waals surface area contributed by atoms with Crippen LogP contribution in [-0.4, -0.2) is 18.1 Å². The topological polar surface area (TPSA) is 82.3 Å². The fraction of sp³-hybridized carbons (Fsp3) is 0.111. The van der Waals surface area contributed by atoms with Crippen LogP contribution in [0.4, 0.5) is 5.69 Å². The summed E-state index contributed by atoms with van der Waals surface area (Å²) in [5.41, 5.74) is 1.63. The maximum absolute atomic E-state index is 12.3. The van der Waals surface area contributed by atoms with Crippen LogP contribution in [0.25, 0.3) is 6.08 Å². The van der Waals surface area contributed by atoms with Crippen molar-refractivity contribution < 1.29 is 14.6 Å². The van der Waals surface area contributed by atoms with E-state index in [0.717, 1.165) is 5.56 Å². The molecule has 0 aliphatic heterocycles. The van der Waals surface area contributed by atoms with Crippen LogP contribution in [0.3, 0.4) is 0 Å². The van der Waals surface area contributed by atoms with Crippen LogP contribution in [-0.2, 0) is 4.79 Å². The summed E-state index contributed by atoms with van der Waals surface area (Å²) in [6.45, 7) is 1.80. The summed E-state index contributed by atoms with van der Waals surface area (Å²) >= 11 is 6.03. The lowest BCUT2D eigenvalue weighted by Crippen LogP contribution is -2.14. The molecule has 6 heteroatoms. The van der Waals surface area contributed by atoms with E-state index in [1.807, 2.05) is 6.07 Å². The molecule has 2 aromatic carbocycles. The number of halogens is 1. The highest BCUT2D eigenvalue weighted by molar-refractivity contribution is 6.31. The molecular weight excluding hydrogens is 328 g/mol. The molecule has 2 rings (SSSR count). The Morgan fingerprint density at radius 2 is 2.12 bits per heavy atom. The molecule has 0 spiro atoms. The van der Waals surface area contributed by atoms with Crippen molar-refractivity contribution in [2.24, 2.45) is 0 Å². The van der Waals surface area contributed by atoms with Crippen LogP contribution in [0.1, 0.15) is 11.1 Å². The van der Waals surface area contributed by atoms with Crippen molar-refractivity contribution >= 4 is 29.3 Å². The molecular formula is C18H15ClN2O3. The number of aryl methyl sites for hydroxylation is 1. The van der Waals surface area contributed by atoms with Crippen LogP contribution in [0.2, 0.25) is 5.02 Å². The summed E-state index contributed by atoms with van der Waals surface area (Å²) < 4.78 is 5.19. The third kappa shape index (κ3) is 4.06. The van der Waals surface area contributed by atoms with E-state index in [2.05, 4.69) is 5.32 Å². The Bertz CT molecular complexity index is 854. The zero-order chi connectivity index (χ0) is 17.7. The molecule has 0 aliphatic carbocycles. The van der Waals surface area contributed by atoms with Crippen LogP contribution >= 0.6 is 11.6 Å². The quantitative estimate of drug-likeness (QED) is 0.652. The summed E-state index contributed by atoms with van der Waals surface area (Å²) in [5, 5.41) is 21.8. The predicted octanol–water partition coefficient (Wildman–Crippen LogP) is 3.91. The number of anilines is 1. The predicted molar refractivity (Wildman–Crippen MR) is 93.1 cm³/mol. The Morgan fingerprint density at radius 3 is 2.75 bits per heavy atom. The van der Waals surface area contributed by atoms with Gasteiger partial charge in [0.25, 0.3) is 5.91 Å². The fourth-order valence-electron chi connectivity index (χ4n) is 2.05. The van der Waals surface area contributed by atoms with Gasteiger partial charge in [-0.1, -0.05) is 23.7 Å². The van der Waals surface area contributed by atoms with Crippen LogP contribution in [0, 0.1) is 18.3 Å². The van der Waals surface area contributed by atoms with E-state index >= 15 is 0 Å². The van der Waals surface area contributed by atoms with Gasteiger partial charge in [-0.05, 0) is 42.3 Å². The SMILES string of the molecule is COc1cc(Cl)c(C)cc1NC(=O)/C(C#N)=C/c1cccc(O)c1. The number of hydrogen-bond acceptors (Lipinski definition) is 4. The van der Waals surface area contributed by atoms with Crippen LogP contribution in [0.5, 0.6) is 11.5 Å². The second kappa shape index (κ2) is 7.53. The van der Waals surface area contributed by atoms with Crippen molar-refractivity contribution in [3.8, 4) is 17.6 Å². The molecule has 0 fully saturated rings. The van der Waals surface area contributed by atoms with Crippen molar-refractivity contribution in [3.63, 3.8) is 0 Å². The Morgan fingerprint density at radius 1 is 1.38 bits per heavy atom. The lowest BCUT2D eigenvalue weighted by Gasteiger charge is -2.12. The first-order valence-corrected chi connectivity index (χ1v) is 7.38. The highest BCUT2D eigenvalue weighted by Crippen LogP contribution is 2.31. The van der Waals surface area contributed by atoms with E-state index in [1.165, 1.54) is 25.3 Å². The van der Waals surface area contributed by atoms with Gasteiger partial charge in [0.1, 0.15) is 23.1 Å². The van der Waals surface area contributed by atoms with E-state index < -0.39 is 5.91 Å². The van der Waals surface area contributed by atoms with Crippen molar-refractivity contribution in [2.45, 2.75) is 6.92 Å². The number of methoxy groups -OCH3 is 1. The molecule has 0 aliphatic rings. The highest BCUT2D eigenvalue weighted by Gasteiger charge is 2.14. The number of benzene rings is 2. The number of phenolic OH excluding ortho intramolecular Hbond substituents is 1. The largest absolute Gasteiger partial charge is 0.508 e. The maximum atomic E-state index is 12.3. The summed E-state index contributed by atoms with van der Waals surface area (Å²) in [4.78, 5) is 12.3. The Kier molecular flexibility index (Phi) is 5.46. The van der Waals surface area contributed by atoms with Crippen molar-refractivity contribution in [1.82, 2.24) is 0 Å². The fourth-order valence-corrected chi connectivity index (χ4v) is 2.20. The molecule has 0 atom stereocenters. The molecule has 1 amide bonds. The van der Waals surface area contributed by atoms with Gasteiger partial charge < -0.3 is 15.2 Å². The monoisotopic (exact) mass is 342 g/mol. The Balaban J connectivity index is 2.31. The van der Waals surface area contributed by atoms with Gasteiger partial charge in [0, 0.05) is 11.1 Å². The van der Waals surface area contributed by atoms with E-state index in [1.54, 1.807) is 31.2 Å². The van der Waals surface area contributed by atoms with Gasteiger partial charge in [0.15, 0.2) is 0 Å². The molecule has 5 nitrogen and oxygen atoms in total. The van der Waals surface area contributed by atoms with Gasteiger partial charge in [0.2, 0.25) is 0 Å². The number of nitrogens with one attached hydrogen (secondary N) is 1. The lowest BCUT2D eigenvalue weighted by molar-refractivity contribution is -0.112. The van der Waals surface area contributed by atoms with Gasteiger partial charge in [0.05, 0.1) is 12.8 Å². The number of amides is 1. The van der Waals surface area contributed by atoms with Gasteiger partial charge in [-0.3, -0.25) is 4.79 Å². The molecule has 122 valence electrons. The smallest absolute Gasteiger partial charge is 0.266 e. The van der Waals surface area contributed by atoms with Crippen molar-refractivity contribution in [1.29, 1.82) is 5.26 Å². The average molecular weight is 343 g/mol. The van der Waals surface area contributed by atoms with Gasteiger partial charge in [-0.25, -0.2) is 0 Å². The highest BCUT2D eigenvalue weighted by atomic mass is 35.5. The second-order valence-electron chi connectivity index (χ2n) is 5.02. The summed E-state index contributed by atoms with van der Waals surface area (Å²) in [6, 6.07) is 11.4. The number of hydrogen-bond donors (Lipinski definition) is 2. The first kappa shape index (κ1) is 17.4. The third-order valence-corrected chi connectivity index (χ3v) is 3.68. The zero-order valence-corrected chi connectivity index (χ0v) is 13.9. The summed E-state index contributed by atoms with van der Waals surface area (Å²) in [5.74, 6) is -0.133. The Labute approximate surface area is 144 Å². The average Bonchev–Trinajstić information content (AvgIpc) is 2.55. The number of rotatable bonds is 4. The minimum Gasteiger partial charge on any atom is -0.508 e. The van der Waals surface area contributed by atoms with E-state index in [-0.39, 0.29) is 11.3 Å². The summed E-state index contributed by atoms with van der Waals surface area (Å²) in [6.07, 6.45) is 1.39. The second-order valence-corrected chi connectivity index (χ2v) is 5.43. The number of carbonyl (C=O) groups is 1. The number of phenols is 1. The molecule has 24 heavy (non-hydrogen) atoms. The summed E-state index contributed by atoms with van der Waals surface area (Å²) in [7, 11) is 1.46. The molecule has 2 aromatic rings. The molecule has 0 radical (unpaired) electrons. The standard InChI is InChI=1S/C18H15ClN2O3/c1-11-6-16(17(24-2)9-15(11)19)21-18(23)13(10-20)7-12-4-3-5-14(22)8-12/h3-9,22H,1-2H3,(H,21,23)/b13-7+. The van der Waals surface area contributed by atoms with Gasteiger partial charge >= 0.3 is 0 Å². The number of carbonyl (C=O) groups excluding carboxylic acids is 1. The molecule has 0 aromatic heterocycles. The number of nitrogens with zero attached hydrogens (tertiary/aromatic N) is 1. The third-order valence-electron chi connectivity index (χ3n) is 3.28. The minimum atomic E-state index is -0.583. The first-order chi connectivity index (χ1) is 11.4. The number of aromatic hydroxyl groups is 1. The van der Waals surface area contributed by atoms with E-state index in [4.69, 9.17) is 16.3 Å². The molecule has 0 unspecified atom stereocenters. The van der Waals surface area contributed by atoms with Crippen molar-refractivity contribution in [3.05, 3.63) is 58.1 Å². The van der Waals surface area contributed by atoms with Crippen LogP contribution in [0.15, 0.2) is 42.0 Å². The molecule has 0 bridgehead atoms. The maximum Gasteiger partial charge on any atom is 0.266 e. The molecule has 2 N–H and O–H groups in total.